The van der Waals surface area contributed by atoms with Crippen LogP contribution in [0.25, 0.3) is 0 Å². The zero-order valence-electron chi connectivity index (χ0n) is 18.5. The summed E-state index contributed by atoms with van der Waals surface area (Å²) >= 11 is 0. The highest BCUT2D eigenvalue weighted by atomic mass is 19.1. The number of carbonyl (C=O) groups excluding carboxylic acids is 2. The molecule has 2 fully saturated rings. The Hall–Kier alpha value is -2.83. The molecule has 2 amide bonds. The lowest BCUT2D eigenvalue weighted by molar-refractivity contribution is 0.00309. The van der Waals surface area contributed by atoms with Gasteiger partial charge in [-0.15, -0.1) is 0 Å². The number of carbonyl (C=O) groups is 2. The molecular weight excluding hydrogens is 399 g/mol. The molecule has 2 aromatic rings. The van der Waals surface area contributed by atoms with Crippen LogP contribution in [0.2, 0.25) is 0 Å². The zero-order valence-corrected chi connectivity index (χ0v) is 18.5. The second-order valence-electron chi connectivity index (χ2n) is 9.66. The second kappa shape index (κ2) is 7.70. The number of halogens is 1. The molecule has 0 bridgehead atoms. The molecule has 31 heavy (non-hydrogen) atoms. The Bertz CT molecular complexity index is 982. The van der Waals surface area contributed by atoms with Crippen LogP contribution in [0.1, 0.15) is 61.1 Å². The van der Waals surface area contributed by atoms with Gasteiger partial charge in [-0.25, -0.2) is 9.18 Å². The molecule has 0 atom stereocenters. The minimum atomic E-state index is -0.574. The monoisotopic (exact) mass is 428 g/mol. The quantitative estimate of drug-likeness (QED) is 0.714. The molecule has 0 unspecified atom stereocenters. The summed E-state index contributed by atoms with van der Waals surface area (Å²) in [7, 11) is 0. The van der Waals surface area contributed by atoms with E-state index in [4.69, 9.17) is 9.15 Å². The number of furan rings is 1. The van der Waals surface area contributed by atoms with Crippen molar-refractivity contribution in [2.45, 2.75) is 58.1 Å². The molecular formula is C24H29FN2O4. The molecule has 3 heterocycles. The molecule has 0 N–H and O–H groups in total. The average molecular weight is 429 g/mol. The predicted molar refractivity (Wildman–Crippen MR) is 113 cm³/mol. The third-order valence-electron chi connectivity index (χ3n) is 6.18. The van der Waals surface area contributed by atoms with E-state index in [2.05, 4.69) is 20.8 Å². The smallest absolute Gasteiger partial charge is 0.410 e. The summed E-state index contributed by atoms with van der Waals surface area (Å²) in [5.74, 6) is 1.08. The summed E-state index contributed by atoms with van der Waals surface area (Å²) < 4.78 is 24.7. The molecule has 2 aliphatic rings. The van der Waals surface area contributed by atoms with Gasteiger partial charge < -0.3 is 14.1 Å². The first-order valence-electron chi connectivity index (χ1n) is 10.7. The van der Waals surface area contributed by atoms with Crippen molar-refractivity contribution in [2.75, 3.05) is 19.6 Å². The topological polar surface area (TPSA) is 63.0 Å². The van der Waals surface area contributed by atoms with Gasteiger partial charge in [0.1, 0.15) is 22.9 Å². The minimum Gasteiger partial charge on any atom is -0.465 e. The standard InChI is InChI=1S/C24H29FN2O4/c1-16-19(13-20(30-16)23(2,3)4)21(28)26-11-9-24(10-12-26)15-27(22(29)31-24)14-17-5-7-18(25)8-6-17/h5-8,13H,9-12,14-15H2,1-4H3. The highest BCUT2D eigenvalue weighted by Crippen LogP contribution is 2.35. The van der Waals surface area contributed by atoms with Crippen LogP contribution < -0.4 is 0 Å². The van der Waals surface area contributed by atoms with Gasteiger partial charge in [0.25, 0.3) is 5.91 Å². The maximum Gasteiger partial charge on any atom is 0.410 e. The number of hydrogen-bond acceptors (Lipinski definition) is 4. The summed E-state index contributed by atoms with van der Waals surface area (Å²) in [6.45, 7) is 9.87. The maximum atomic E-state index is 13.1. The Morgan fingerprint density at radius 3 is 2.39 bits per heavy atom. The predicted octanol–water partition coefficient (Wildman–Crippen LogP) is 4.65. The number of nitrogens with zero attached hydrogens (tertiary/aromatic N) is 2. The average Bonchev–Trinajstić information content (AvgIpc) is 3.24. The van der Waals surface area contributed by atoms with Crippen LogP contribution in [-0.2, 0) is 16.7 Å². The molecule has 1 aromatic heterocycles. The summed E-state index contributed by atoms with van der Waals surface area (Å²) in [6.07, 6.45) is 0.825. The lowest BCUT2D eigenvalue weighted by Gasteiger charge is -2.37. The van der Waals surface area contributed by atoms with Gasteiger partial charge in [0.2, 0.25) is 0 Å². The van der Waals surface area contributed by atoms with Crippen LogP contribution in [0.3, 0.4) is 0 Å². The van der Waals surface area contributed by atoms with E-state index in [1.807, 2.05) is 17.9 Å². The van der Waals surface area contributed by atoms with Gasteiger partial charge in [-0.1, -0.05) is 32.9 Å². The Balaban J connectivity index is 1.39. The molecule has 1 spiro atoms. The van der Waals surface area contributed by atoms with E-state index in [1.165, 1.54) is 12.1 Å². The van der Waals surface area contributed by atoms with Crippen LogP contribution in [0.15, 0.2) is 34.7 Å². The fraction of sp³-hybridized carbons (Fsp3) is 0.500. The van der Waals surface area contributed by atoms with Crippen molar-refractivity contribution in [2.24, 2.45) is 0 Å². The molecule has 1 aromatic carbocycles. The summed E-state index contributed by atoms with van der Waals surface area (Å²) in [6, 6.07) is 7.98. The Morgan fingerprint density at radius 1 is 1.16 bits per heavy atom. The number of benzene rings is 1. The number of amides is 2. The lowest BCUT2D eigenvalue weighted by atomic mass is 9.90. The normalized spacial score (nSPS) is 18.5. The van der Waals surface area contributed by atoms with E-state index < -0.39 is 5.60 Å². The SMILES string of the molecule is Cc1oc(C(C)(C)C)cc1C(=O)N1CCC2(CC1)CN(Cc1ccc(F)cc1)C(=O)O2. The highest BCUT2D eigenvalue weighted by Gasteiger charge is 2.47. The van der Waals surface area contributed by atoms with Gasteiger partial charge in [0.05, 0.1) is 12.1 Å². The molecule has 2 aliphatic heterocycles. The lowest BCUT2D eigenvalue weighted by Crippen LogP contribution is -2.48. The van der Waals surface area contributed by atoms with Gasteiger partial charge in [-0.2, -0.15) is 0 Å². The third-order valence-corrected chi connectivity index (χ3v) is 6.18. The fourth-order valence-corrected chi connectivity index (χ4v) is 4.24. The van der Waals surface area contributed by atoms with Crippen molar-refractivity contribution in [3.05, 3.63) is 58.8 Å². The van der Waals surface area contributed by atoms with Crippen molar-refractivity contribution in [3.8, 4) is 0 Å². The van der Waals surface area contributed by atoms with Crippen LogP contribution in [0.4, 0.5) is 9.18 Å². The van der Waals surface area contributed by atoms with E-state index in [1.54, 1.807) is 17.0 Å². The molecule has 4 rings (SSSR count). The van der Waals surface area contributed by atoms with Crippen LogP contribution in [0.5, 0.6) is 0 Å². The number of rotatable bonds is 3. The van der Waals surface area contributed by atoms with E-state index in [0.29, 0.717) is 50.3 Å². The first-order chi connectivity index (χ1) is 14.6. The summed E-state index contributed by atoms with van der Waals surface area (Å²) in [5.41, 5.74) is 0.715. The molecule has 6 nitrogen and oxygen atoms in total. The molecule has 0 aliphatic carbocycles. The summed E-state index contributed by atoms with van der Waals surface area (Å²) in [4.78, 5) is 29.0. The van der Waals surface area contributed by atoms with Gasteiger partial charge in [-0.3, -0.25) is 9.69 Å². The van der Waals surface area contributed by atoms with Crippen LogP contribution in [0, 0.1) is 12.7 Å². The van der Waals surface area contributed by atoms with Gasteiger partial charge in [-0.05, 0) is 30.7 Å². The van der Waals surface area contributed by atoms with E-state index >= 15 is 0 Å². The van der Waals surface area contributed by atoms with Crippen molar-refractivity contribution < 1.29 is 23.1 Å². The van der Waals surface area contributed by atoms with Crippen molar-refractivity contribution >= 4 is 12.0 Å². The zero-order chi connectivity index (χ0) is 22.4. The first-order valence-corrected chi connectivity index (χ1v) is 10.7. The third kappa shape index (κ3) is 4.31. The molecule has 0 radical (unpaired) electrons. The van der Waals surface area contributed by atoms with Crippen molar-refractivity contribution in [3.63, 3.8) is 0 Å². The van der Waals surface area contributed by atoms with Gasteiger partial charge >= 0.3 is 6.09 Å². The van der Waals surface area contributed by atoms with Crippen LogP contribution in [-0.4, -0.2) is 47.0 Å². The molecule has 0 saturated carbocycles. The molecule has 7 heteroatoms. The minimum absolute atomic E-state index is 0.0425. The van der Waals surface area contributed by atoms with E-state index in [9.17, 15) is 14.0 Å². The van der Waals surface area contributed by atoms with Gasteiger partial charge in [0, 0.05) is 37.9 Å². The molecule has 166 valence electrons. The van der Waals surface area contributed by atoms with Gasteiger partial charge in [0.15, 0.2) is 0 Å². The van der Waals surface area contributed by atoms with Crippen molar-refractivity contribution in [1.29, 1.82) is 0 Å². The Morgan fingerprint density at radius 2 is 1.81 bits per heavy atom. The number of piperidine rings is 1. The highest BCUT2D eigenvalue weighted by molar-refractivity contribution is 5.95. The number of hydrogen-bond donors (Lipinski definition) is 0. The number of likely N-dealkylation sites (tertiary alicyclic amines) is 1. The van der Waals surface area contributed by atoms with E-state index in [0.717, 1.165) is 11.3 Å². The number of aryl methyl sites for hydroxylation is 1. The first kappa shape index (κ1) is 21.4. The summed E-state index contributed by atoms with van der Waals surface area (Å²) in [5, 5.41) is 0. The fourth-order valence-electron chi connectivity index (χ4n) is 4.24. The number of ether oxygens (including phenoxy) is 1. The van der Waals surface area contributed by atoms with E-state index in [-0.39, 0.29) is 23.2 Å². The second-order valence-corrected chi connectivity index (χ2v) is 9.66. The van der Waals surface area contributed by atoms with Crippen molar-refractivity contribution in [1.82, 2.24) is 9.80 Å². The maximum absolute atomic E-state index is 13.1. The largest absolute Gasteiger partial charge is 0.465 e. The van der Waals surface area contributed by atoms with Crippen LogP contribution >= 0.6 is 0 Å². The molecule has 2 saturated heterocycles. The Labute approximate surface area is 182 Å². The Kier molecular flexibility index (Phi) is 5.31.